The van der Waals surface area contributed by atoms with Gasteiger partial charge in [0.05, 0.1) is 5.56 Å². The molecule has 4 nitrogen and oxygen atoms in total. The number of amides is 1. The molecule has 1 amide bonds. The Balaban J connectivity index is 2.48. The van der Waals surface area contributed by atoms with Gasteiger partial charge < -0.3 is 10.4 Å². The minimum Gasteiger partial charge on any atom is -0.478 e. The molecule has 0 bridgehead atoms. The van der Waals surface area contributed by atoms with Crippen molar-refractivity contribution >= 4 is 22.6 Å². The zero-order valence-electron chi connectivity index (χ0n) is 9.93. The lowest BCUT2D eigenvalue weighted by Crippen LogP contribution is -2.19. The highest BCUT2D eigenvalue weighted by molar-refractivity contribution is 5.95. The Morgan fingerprint density at radius 2 is 2.00 bits per heavy atom. The van der Waals surface area contributed by atoms with Gasteiger partial charge in [0.1, 0.15) is 0 Å². The van der Waals surface area contributed by atoms with Crippen molar-refractivity contribution in [2.45, 2.75) is 13.5 Å². The average molecular weight is 243 g/mol. The van der Waals surface area contributed by atoms with Gasteiger partial charge in [-0.25, -0.2) is 4.79 Å². The van der Waals surface area contributed by atoms with E-state index in [1.807, 2.05) is 18.2 Å². The largest absolute Gasteiger partial charge is 0.478 e. The SMILES string of the molecule is CC(=O)NCc1cccc2ccc(C(=O)O)cc12. The number of carboxylic acid groups (broad SMARTS) is 1. The molecule has 18 heavy (non-hydrogen) atoms. The summed E-state index contributed by atoms with van der Waals surface area (Å²) in [4.78, 5) is 21.9. The maximum absolute atomic E-state index is 11.0. The molecule has 0 fully saturated rings. The summed E-state index contributed by atoms with van der Waals surface area (Å²) in [6.07, 6.45) is 0. The first-order valence-electron chi connectivity index (χ1n) is 5.57. The van der Waals surface area contributed by atoms with Crippen LogP contribution < -0.4 is 5.32 Å². The van der Waals surface area contributed by atoms with Crippen molar-refractivity contribution in [2.75, 3.05) is 0 Å². The van der Waals surface area contributed by atoms with Crippen LogP contribution in [0.25, 0.3) is 10.8 Å². The van der Waals surface area contributed by atoms with Gasteiger partial charge in [-0.3, -0.25) is 4.79 Å². The van der Waals surface area contributed by atoms with Crippen LogP contribution in [-0.4, -0.2) is 17.0 Å². The number of carbonyl (C=O) groups is 2. The van der Waals surface area contributed by atoms with Crippen LogP contribution in [-0.2, 0) is 11.3 Å². The van der Waals surface area contributed by atoms with Gasteiger partial charge in [0.2, 0.25) is 5.91 Å². The van der Waals surface area contributed by atoms with E-state index in [1.165, 1.54) is 6.92 Å². The summed E-state index contributed by atoms with van der Waals surface area (Å²) < 4.78 is 0. The smallest absolute Gasteiger partial charge is 0.335 e. The second-order valence-electron chi connectivity index (χ2n) is 4.07. The highest BCUT2D eigenvalue weighted by Gasteiger charge is 2.06. The highest BCUT2D eigenvalue weighted by Crippen LogP contribution is 2.20. The van der Waals surface area contributed by atoms with Gasteiger partial charge in [0.15, 0.2) is 0 Å². The van der Waals surface area contributed by atoms with Crippen molar-refractivity contribution < 1.29 is 14.7 Å². The molecule has 92 valence electrons. The van der Waals surface area contributed by atoms with Gasteiger partial charge in [0.25, 0.3) is 0 Å². The maximum Gasteiger partial charge on any atom is 0.335 e. The van der Waals surface area contributed by atoms with Crippen LogP contribution in [0.2, 0.25) is 0 Å². The summed E-state index contributed by atoms with van der Waals surface area (Å²) in [5, 5.41) is 13.5. The Bertz CT molecular complexity index is 619. The van der Waals surface area contributed by atoms with E-state index in [-0.39, 0.29) is 11.5 Å². The van der Waals surface area contributed by atoms with Crippen molar-refractivity contribution in [1.82, 2.24) is 5.32 Å². The fraction of sp³-hybridized carbons (Fsp3) is 0.143. The third-order valence-corrected chi connectivity index (χ3v) is 2.75. The van der Waals surface area contributed by atoms with Crippen LogP contribution in [0.3, 0.4) is 0 Å². The standard InChI is InChI=1S/C14H13NO3/c1-9(16)15-8-12-4-2-3-10-5-6-11(14(17)18)7-13(10)12/h2-7H,8H2,1H3,(H,15,16)(H,17,18). The van der Waals surface area contributed by atoms with Crippen LogP contribution in [0, 0.1) is 0 Å². The quantitative estimate of drug-likeness (QED) is 0.868. The van der Waals surface area contributed by atoms with Crippen LogP contribution in [0.1, 0.15) is 22.8 Å². The summed E-state index contributed by atoms with van der Waals surface area (Å²) in [5.41, 5.74) is 1.16. The molecule has 2 rings (SSSR count). The second kappa shape index (κ2) is 4.87. The number of carbonyl (C=O) groups excluding carboxylic acids is 1. The number of benzene rings is 2. The van der Waals surface area contributed by atoms with Gasteiger partial charge in [-0.1, -0.05) is 24.3 Å². The average Bonchev–Trinajstić information content (AvgIpc) is 2.35. The van der Waals surface area contributed by atoms with E-state index in [4.69, 9.17) is 5.11 Å². The summed E-state index contributed by atoms with van der Waals surface area (Å²) >= 11 is 0. The molecule has 0 aliphatic carbocycles. The molecule has 2 N–H and O–H groups in total. The Morgan fingerprint density at radius 3 is 2.67 bits per heavy atom. The molecule has 2 aromatic carbocycles. The molecule has 0 spiro atoms. The first kappa shape index (κ1) is 12.1. The van der Waals surface area contributed by atoms with Crippen LogP contribution >= 0.6 is 0 Å². The highest BCUT2D eigenvalue weighted by atomic mass is 16.4. The van der Waals surface area contributed by atoms with Crippen LogP contribution in [0.4, 0.5) is 0 Å². The summed E-state index contributed by atoms with van der Waals surface area (Å²) in [5.74, 6) is -1.06. The van der Waals surface area contributed by atoms with Crippen molar-refractivity contribution in [3.63, 3.8) is 0 Å². The number of fused-ring (bicyclic) bond motifs is 1. The molecule has 0 heterocycles. The number of carboxylic acids is 1. The fourth-order valence-corrected chi connectivity index (χ4v) is 1.84. The number of rotatable bonds is 3. The summed E-state index contributed by atoms with van der Waals surface area (Å²) in [6, 6.07) is 10.7. The lowest BCUT2D eigenvalue weighted by molar-refractivity contribution is -0.119. The zero-order chi connectivity index (χ0) is 13.1. The number of aromatic carboxylic acids is 1. The molecular formula is C14H13NO3. The van der Waals surface area contributed by atoms with E-state index in [2.05, 4.69) is 5.32 Å². The monoisotopic (exact) mass is 243 g/mol. The van der Waals surface area contributed by atoms with E-state index >= 15 is 0 Å². The second-order valence-corrected chi connectivity index (χ2v) is 4.07. The van der Waals surface area contributed by atoms with Crippen molar-refractivity contribution in [3.8, 4) is 0 Å². The third kappa shape index (κ3) is 2.48. The predicted octanol–water partition coefficient (Wildman–Crippen LogP) is 2.17. The topological polar surface area (TPSA) is 66.4 Å². The van der Waals surface area contributed by atoms with Gasteiger partial charge in [-0.15, -0.1) is 0 Å². The van der Waals surface area contributed by atoms with Gasteiger partial charge in [-0.05, 0) is 28.5 Å². The predicted molar refractivity (Wildman–Crippen MR) is 68.4 cm³/mol. The first-order chi connectivity index (χ1) is 8.58. The van der Waals surface area contributed by atoms with E-state index in [9.17, 15) is 9.59 Å². The Morgan fingerprint density at radius 1 is 1.22 bits per heavy atom. The normalized spacial score (nSPS) is 10.3. The summed E-state index contributed by atoms with van der Waals surface area (Å²) in [6.45, 7) is 1.85. The molecule has 0 aliphatic rings. The van der Waals surface area contributed by atoms with E-state index < -0.39 is 5.97 Å². The van der Waals surface area contributed by atoms with Crippen LogP contribution in [0.15, 0.2) is 36.4 Å². The Hall–Kier alpha value is -2.36. The zero-order valence-corrected chi connectivity index (χ0v) is 9.93. The molecule has 0 radical (unpaired) electrons. The fourth-order valence-electron chi connectivity index (χ4n) is 1.84. The molecule has 0 aromatic heterocycles. The number of hydrogen-bond acceptors (Lipinski definition) is 2. The van der Waals surface area contributed by atoms with E-state index in [1.54, 1.807) is 18.2 Å². The molecule has 4 heteroatoms. The molecule has 0 saturated heterocycles. The lowest BCUT2D eigenvalue weighted by atomic mass is 10.0. The Kier molecular flexibility index (Phi) is 3.28. The third-order valence-electron chi connectivity index (χ3n) is 2.75. The van der Waals surface area contributed by atoms with Crippen LogP contribution in [0.5, 0.6) is 0 Å². The molecule has 0 atom stereocenters. The van der Waals surface area contributed by atoms with E-state index in [0.29, 0.717) is 6.54 Å². The van der Waals surface area contributed by atoms with Gasteiger partial charge in [-0.2, -0.15) is 0 Å². The minimum absolute atomic E-state index is 0.110. The molecule has 2 aromatic rings. The Labute approximate surface area is 104 Å². The van der Waals surface area contributed by atoms with Crippen molar-refractivity contribution in [3.05, 3.63) is 47.5 Å². The number of hydrogen-bond donors (Lipinski definition) is 2. The number of nitrogens with one attached hydrogen (secondary N) is 1. The van der Waals surface area contributed by atoms with Crippen molar-refractivity contribution in [1.29, 1.82) is 0 Å². The maximum atomic E-state index is 11.0. The molecule has 0 aliphatic heterocycles. The molecule has 0 saturated carbocycles. The van der Waals surface area contributed by atoms with Gasteiger partial charge in [0, 0.05) is 13.5 Å². The lowest BCUT2D eigenvalue weighted by Gasteiger charge is -2.08. The molecular weight excluding hydrogens is 230 g/mol. The van der Waals surface area contributed by atoms with E-state index in [0.717, 1.165) is 16.3 Å². The van der Waals surface area contributed by atoms with Crippen molar-refractivity contribution in [2.24, 2.45) is 0 Å². The first-order valence-corrected chi connectivity index (χ1v) is 5.57. The summed E-state index contributed by atoms with van der Waals surface area (Å²) in [7, 11) is 0. The van der Waals surface area contributed by atoms with Gasteiger partial charge >= 0.3 is 5.97 Å². The molecule has 0 unspecified atom stereocenters. The minimum atomic E-state index is -0.953.